The van der Waals surface area contributed by atoms with Crippen LogP contribution in [0.4, 0.5) is 11.6 Å². The lowest BCUT2D eigenvalue weighted by molar-refractivity contribution is -0.0303. The second-order valence-electron chi connectivity index (χ2n) is 8.33. The monoisotopic (exact) mass is 540 g/mol. The van der Waals surface area contributed by atoms with Crippen LogP contribution in [-0.4, -0.2) is 21.1 Å². The van der Waals surface area contributed by atoms with E-state index in [4.69, 9.17) is 49.6 Å². The Kier molecular flexibility index (Phi) is 6.85. The summed E-state index contributed by atoms with van der Waals surface area (Å²) in [5.74, 6) is -0.0218. The van der Waals surface area contributed by atoms with Crippen molar-refractivity contribution in [1.82, 2.24) is 14.5 Å². The number of hydrogen-bond donors (Lipinski definition) is 2. The first kappa shape index (κ1) is 24.8. The number of benzene rings is 1. The number of halogens is 3. The van der Waals surface area contributed by atoms with Gasteiger partial charge in [0.05, 0.1) is 6.61 Å². The molecule has 3 aromatic rings. The Bertz CT molecular complexity index is 1320. The normalized spacial score (nSPS) is 21.7. The van der Waals surface area contributed by atoms with E-state index in [1.165, 1.54) is 0 Å². The lowest BCUT2D eigenvalue weighted by atomic mass is 9.83. The van der Waals surface area contributed by atoms with Crippen molar-refractivity contribution < 1.29 is 13.6 Å². The van der Waals surface area contributed by atoms with Crippen LogP contribution in [0.25, 0.3) is 0 Å². The fourth-order valence-corrected chi connectivity index (χ4v) is 6.06. The molecule has 0 saturated carbocycles. The van der Waals surface area contributed by atoms with Crippen LogP contribution in [0.3, 0.4) is 0 Å². The molecule has 1 saturated heterocycles. The Labute approximate surface area is 211 Å². The highest BCUT2D eigenvalue weighted by Gasteiger charge is 2.48. The van der Waals surface area contributed by atoms with Gasteiger partial charge in [0.2, 0.25) is 0 Å². The Balaban J connectivity index is 1.67. The molecule has 13 heteroatoms. The fraction of sp³-hybridized carbons (Fsp3) is 0.286. The second kappa shape index (κ2) is 9.38. The highest BCUT2D eigenvalue weighted by atomic mass is 35.5. The second-order valence-corrected chi connectivity index (χ2v) is 11.4. The maximum Gasteiger partial charge on any atom is 0.457 e. The molecule has 0 radical (unpaired) electrons. The zero-order valence-corrected chi connectivity index (χ0v) is 21.3. The third-order valence-electron chi connectivity index (χ3n) is 5.29. The van der Waals surface area contributed by atoms with Crippen LogP contribution in [0, 0.1) is 16.7 Å². The summed E-state index contributed by atoms with van der Waals surface area (Å²) in [6.07, 6.45) is 0.863. The zero-order valence-electron chi connectivity index (χ0n) is 18.1. The van der Waals surface area contributed by atoms with Crippen molar-refractivity contribution in [3.63, 3.8) is 0 Å². The minimum absolute atomic E-state index is 0.00950. The van der Waals surface area contributed by atoms with Crippen molar-refractivity contribution in [2.75, 3.05) is 17.7 Å². The number of hydrogen-bond acceptors (Lipinski definition) is 8. The predicted octanol–water partition coefficient (Wildman–Crippen LogP) is 6.07. The first-order chi connectivity index (χ1) is 16.0. The summed E-state index contributed by atoms with van der Waals surface area (Å²) in [6, 6.07) is 10.4. The first-order valence-corrected chi connectivity index (χ1v) is 12.7. The standard InChI is InChI=1S/C21H20Cl3N6O3P/c1-21(2)11-32-34(31,33-18(21)14-5-4-13(22)7-16(14)23)30-19(26)15(8-25)20(29-30)28-10-12-3-6-17(24)27-9-12/h3-7,9,18H,10-11,26H2,1-2H3,(H,28,29). The third-order valence-corrected chi connectivity index (χ3v) is 7.78. The number of aromatic nitrogens is 3. The van der Waals surface area contributed by atoms with Crippen LogP contribution in [0.5, 0.6) is 0 Å². The molecule has 3 N–H and O–H groups in total. The van der Waals surface area contributed by atoms with Crippen molar-refractivity contribution in [1.29, 1.82) is 5.26 Å². The van der Waals surface area contributed by atoms with Crippen molar-refractivity contribution in [2.24, 2.45) is 5.41 Å². The molecule has 0 amide bonds. The van der Waals surface area contributed by atoms with Gasteiger partial charge in [-0.25, -0.2) is 9.55 Å². The average Bonchev–Trinajstić information content (AvgIpc) is 3.11. The summed E-state index contributed by atoms with van der Waals surface area (Å²) in [7, 11) is -4.09. The maximum absolute atomic E-state index is 13.8. The lowest BCUT2D eigenvalue weighted by Crippen LogP contribution is -2.35. The smallest absolute Gasteiger partial charge is 0.382 e. The summed E-state index contributed by atoms with van der Waals surface area (Å²) >= 11 is 18.3. The molecule has 0 bridgehead atoms. The van der Waals surface area contributed by atoms with Crippen LogP contribution in [0.2, 0.25) is 15.2 Å². The topological polar surface area (TPSA) is 128 Å². The molecular weight excluding hydrogens is 522 g/mol. The van der Waals surface area contributed by atoms with Crippen molar-refractivity contribution in [2.45, 2.75) is 26.5 Å². The van der Waals surface area contributed by atoms with Gasteiger partial charge in [0.25, 0.3) is 0 Å². The largest absolute Gasteiger partial charge is 0.457 e. The van der Waals surface area contributed by atoms with Crippen LogP contribution < -0.4 is 11.1 Å². The van der Waals surface area contributed by atoms with Gasteiger partial charge in [-0.1, -0.05) is 60.8 Å². The summed E-state index contributed by atoms with van der Waals surface area (Å²) in [6.45, 7) is 4.13. The van der Waals surface area contributed by atoms with Crippen LogP contribution in [0.15, 0.2) is 36.5 Å². The van der Waals surface area contributed by atoms with Gasteiger partial charge in [-0.3, -0.25) is 9.05 Å². The zero-order chi connectivity index (χ0) is 24.7. The highest BCUT2D eigenvalue weighted by molar-refractivity contribution is 7.52. The molecule has 1 aliphatic rings. The molecule has 1 aromatic carbocycles. The molecule has 4 rings (SSSR count). The Morgan fingerprint density at radius 3 is 2.74 bits per heavy atom. The number of rotatable bonds is 5. The molecule has 0 aliphatic carbocycles. The molecule has 1 aliphatic heterocycles. The summed E-state index contributed by atoms with van der Waals surface area (Å²) < 4.78 is 26.5. The van der Waals surface area contributed by atoms with Gasteiger partial charge < -0.3 is 11.1 Å². The fourth-order valence-electron chi connectivity index (χ4n) is 3.46. The van der Waals surface area contributed by atoms with Gasteiger partial charge >= 0.3 is 7.75 Å². The molecule has 178 valence electrons. The molecule has 0 spiro atoms. The summed E-state index contributed by atoms with van der Waals surface area (Å²) in [4.78, 5) is 4.01. The van der Waals surface area contributed by atoms with Gasteiger partial charge in [-0.05, 0) is 23.8 Å². The number of nitrogen functional groups attached to an aromatic ring is 1. The molecular formula is C21H20Cl3N6O3P. The Morgan fingerprint density at radius 1 is 1.32 bits per heavy atom. The number of nitrogens with zero attached hydrogens (tertiary/aromatic N) is 4. The number of nitrogens with two attached hydrogens (primary N) is 1. The number of pyridine rings is 1. The van der Waals surface area contributed by atoms with Crippen molar-refractivity contribution >= 4 is 54.2 Å². The van der Waals surface area contributed by atoms with E-state index in [-0.39, 0.29) is 30.4 Å². The van der Waals surface area contributed by atoms with Gasteiger partial charge in [0, 0.05) is 33.8 Å². The van der Waals surface area contributed by atoms with E-state index in [2.05, 4.69) is 15.4 Å². The SMILES string of the molecule is CC1(C)COP(=O)(n2nc(NCc3ccc(Cl)nc3)c(C#N)c2N)OC1c1ccc(Cl)cc1Cl. The minimum Gasteiger partial charge on any atom is -0.382 e. The quantitative estimate of drug-likeness (QED) is 0.294. The highest BCUT2D eigenvalue weighted by Crippen LogP contribution is 2.63. The van der Waals surface area contributed by atoms with E-state index >= 15 is 0 Å². The van der Waals surface area contributed by atoms with Crippen LogP contribution in [-0.2, 0) is 20.2 Å². The number of anilines is 2. The van der Waals surface area contributed by atoms with E-state index in [1.54, 1.807) is 36.5 Å². The first-order valence-electron chi connectivity index (χ1n) is 10.1. The number of nitriles is 1. The average molecular weight is 542 g/mol. The van der Waals surface area contributed by atoms with Crippen LogP contribution >= 0.6 is 42.5 Å². The van der Waals surface area contributed by atoms with Gasteiger partial charge in [-0.15, -0.1) is 9.55 Å². The molecule has 9 nitrogen and oxygen atoms in total. The summed E-state index contributed by atoms with van der Waals surface area (Å²) in [5, 5.41) is 18.1. The molecule has 3 heterocycles. The molecule has 2 aromatic heterocycles. The van der Waals surface area contributed by atoms with Crippen molar-refractivity contribution in [3.8, 4) is 6.07 Å². The van der Waals surface area contributed by atoms with Crippen LogP contribution in [0.1, 0.15) is 36.6 Å². The summed E-state index contributed by atoms with van der Waals surface area (Å²) in [5.41, 5.74) is 6.96. The van der Waals surface area contributed by atoms with E-state index in [0.29, 0.717) is 20.8 Å². The molecule has 2 atom stereocenters. The molecule has 1 fully saturated rings. The third kappa shape index (κ3) is 4.76. The van der Waals surface area contributed by atoms with E-state index in [0.717, 1.165) is 10.0 Å². The maximum atomic E-state index is 13.8. The molecule has 2 unspecified atom stereocenters. The van der Waals surface area contributed by atoms with Gasteiger partial charge in [-0.2, -0.15) is 5.26 Å². The lowest BCUT2D eigenvalue weighted by Gasteiger charge is -2.41. The Hall–Kier alpha value is -2.31. The van der Waals surface area contributed by atoms with E-state index in [1.807, 2.05) is 19.9 Å². The van der Waals surface area contributed by atoms with E-state index in [9.17, 15) is 9.83 Å². The predicted molar refractivity (Wildman–Crippen MR) is 131 cm³/mol. The number of nitrogens with one attached hydrogen (secondary N) is 1. The van der Waals surface area contributed by atoms with Crippen molar-refractivity contribution in [3.05, 3.63) is 68.4 Å². The van der Waals surface area contributed by atoms with Gasteiger partial charge in [0.15, 0.2) is 11.6 Å². The molecule has 34 heavy (non-hydrogen) atoms. The van der Waals surface area contributed by atoms with Gasteiger partial charge in [0.1, 0.15) is 22.9 Å². The van der Waals surface area contributed by atoms with E-state index < -0.39 is 19.3 Å². The Morgan fingerprint density at radius 2 is 2.09 bits per heavy atom. The minimum atomic E-state index is -4.09.